The fourth-order valence-electron chi connectivity index (χ4n) is 4.10. The summed E-state index contributed by atoms with van der Waals surface area (Å²) in [7, 11) is 4.62. The van der Waals surface area contributed by atoms with E-state index in [1.165, 1.54) is 83.5 Å². The normalized spacial score (nSPS) is 13.4. The van der Waals surface area contributed by atoms with Gasteiger partial charge in [0.15, 0.2) is 0 Å². The van der Waals surface area contributed by atoms with Crippen LogP contribution in [0.2, 0.25) is 0 Å². The SMILES string of the molecule is CCCCCCCCCCCCCCCCOCC(CNS(=O)(=O)CCC[N+](C)(C)C)COC. The second kappa shape index (κ2) is 22.0. The third kappa shape index (κ3) is 24.9. The third-order valence-corrected chi connectivity index (χ3v) is 7.66. The minimum absolute atomic E-state index is 0.0461. The van der Waals surface area contributed by atoms with Crippen molar-refractivity contribution in [2.75, 3.05) is 66.9 Å². The molecule has 1 atom stereocenters. The zero-order valence-corrected chi connectivity index (χ0v) is 24.2. The topological polar surface area (TPSA) is 64.6 Å². The van der Waals surface area contributed by atoms with Crippen molar-refractivity contribution in [1.82, 2.24) is 4.72 Å². The summed E-state index contributed by atoms with van der Waals surface area (Å²) >= 11 is 0. The highest BCUT2D eigenvalue weighted by Crippen LogP contribution is 2.13. The molecule has 206 valence electrons. The molecule has 0 heterocycles. The van der Waals surface area contributed by atoms with Gasteiger partial charge in [0.05, 0.1) is 46.7 Å². The van der Waals surface area contributed by atoms with Gasteiger partial charge in [0.2, 0.25) is 10.0 Å². The summed E-state index contributed by atoms with van der Waals surface area (Å²) in [5, 5.41) is 0. The molecule has 0 aromatic rings. The summed E-state index contributed by atoms with van der Waals surface area (Å²) in [5.41, 5.74) is 0. The average molecular weight is 508 g/mol. The Hall–Kier alpha value is -0.210. The van der Waals surface area contributed by atoms with E-state index in [2.05, 4.69) is 32.8 Å². The summed E-state index contributed by atoms with van der Waals surface area (Å²) in [5.74, 6) is 0.215. The first-order valence-electron chi connectivity index (χ1n) is 14.0. The number of nitrogens with zero attached hydrogens (tertiary/aromatic N) is 1. The second-order valence-electron chi connectivity index (χ2n) is 11.0. The number of hydrogen-bond acceptors (Lipinski definition) is 4. The van der Waals surface area contributed by atoms with E-state index in [4.69, 9.17) is 9.47 Å². The zero-order chi connectivity index (χ0) is 25.5. The van der Waals surface area contributed by atoms with Crippen molar-refractivity contribution in [3.8, 4) is 0 Å². The molecule has 0 amide bonds. The fraction of sp³-hybridized carbons (Fsp3) is 1.00. The molecule has 1 N–H and O–H groups in total. The minimum Gasteiger partial charge on any atom is -0.384 e. The molecular formula is C27H59N2O4S+. The van der Waals surface area contributed by atoms with Crippen molar-refractivity contribution < 1.29 is 22.4 Å². The number of unbranched alkanes of at least 4 members (excludes halogenated alkanes) is 13. The molecule has 7 heteroatoms. The molecule has 0 fully saturated rings. The zero-order valence-electron chi connectivity index (χ0n) is 23.4. The first-order chi connectivity index (χ1) is 16.2. The number of sulfonamides is 1. The molecule has 0 aromatic carbocycles. The Labute approximate surface area is 213 Å². The summed E-state index contributed by atoms with van der Waals surface area (Å²) in [6.45, 7) is 5.27. The van der Waals surface area contributed by atoms with Crippen LogP contribution >= 0.6 is 0 Å². The maximum Gasteiger partial charge on any atom is 0.211 e. The van der Waals surface area contributed by atoms with Crippen molar-refractivity contribution in [3.63, 3.8) is 0 Å². The smallest absolute Gasteiger partial charge is 0.211 e. The van der Waals surface area contributed by atoms with Gasteiger partial charge in [-0.1, -0.05) is 90.4 Å². The van der Waals surface area contributed by atoms with Crippen LogP contribution in [0.5, 0.6) is 0 Å². The maximum absolute atomic E-state index is 12.2. The Morgan fingerprint density at radius 3 is 1.71 bits per heavy atom. The van der Waals surface area contributed by atoms with E-state index >= 15 is 0 Å². The third-order valence-electron chi connectivity index (χ3n) is 6.23. The lowest BCUT2D eigenvalue weighted by Crippen LogP contribution is -2.38. The first-order valence-corrected chi connectivity index (χ1v) is 15.7. The molecule has 0 rings (SSSR count). The maximum atomic E-state index is 12.2. The van der Waals surface area contributed by atoms with Crippen LogP contribution in [-0.4, -0.2) is 79.8 Å². The average Bonchev–Trinajstić information content (AvgIpc) is 2.76. The quantitative estimate of drug-likeness (QED) is 0.119. The van der Waals surface area contributed by atoms with Gasteiger partial charge in [-0.05, 0) is 6.42 Å². The molecule has 1 unspecified atom stereocenters. The van der Waals surface area contributed by atoms with Gasteiger partial charge in [0.25, 0.3) is 0 Å². The lowest BCUT2D eigenvalue weighted by molar-refractivity contribution is -0.870. The Morgan fingerprint density at radius 2 is 1.24 bits per heavy atom. The molecular weight excluding hydrogens is 448 g/mol. The molecule has 0 aromatic heterocycles. The predicted molar refractivity (Wildman–Crippen MR) is 146 cm³/mol. The van der Waals surface area contributed by atoms with Gasteiger partial charge in [0, 0.05) is 32.6 Å². The van der Waals surface area contributed by atoms with Gasteiger partial charge in [-0.3, -0.25) is 0 Å². The van der Waals surface area contributed by atoms with Crippen molar-refractivity contribution in [1.29, 1.82) is 0 Å². The summed E-state index contributed by atoms with van der Waals surface area (Å²) in [4.78, 5) is 0. The first kappa shape index (κ1) is 33.8. The molecule has 0 saturated heterocycles. The predicted octanol–water partition coefficient (Wildman–Crippen LogP) is 5.76. The number of rotatable bonds is 26. The Balaban J connectivity index is 3.66. The number of nitrogens with one attached hydrogen (secondary N) is 1. The van der Waals surface area contributed by atoms with Crippen LogP contribution in [0.4, 0.5) is 0 Å². The van der Waals surface area contributed by atoms with E-state index in [1.807, 2.05) is 0 Å². The summed E-state index contributed by atoms with van der Waals surface area (Å²) in [6.07, 6.45) is 19.6. The van der Waals surface area contributed by atoms with E-state index in [-0.39, 0.29) is 11.7 Å². The Kier molecular flexibility index (Phi) is 21.9. The van der Waals surface area contributed by atoms with Crippen molar-refractivity contribution in [3.05, 3.63) is 0 Å². The van der Waals surface area contributed by atoms with Crippen LogP contribution in [0.25, 0.3) is 0 Å². The van der Waals surface area contributed by atoms with E-state index in [0.29, 0.717) is 26.2 Å². The molecule has 0 aliphatic rings. The van der Waals surface area contributed by atoms with E-state index in [0.717, 1.165) is 24.1 Å². The Bertz CT molecular complexity index is 535. The second-order valence-corrected chi connectivity index (χ2v) is 13.0. The standard InChI is InChI=1S/C27H59N2O4S/c1-6-7-8-9-10-11-12-13-14-15-16-17-18-19-22-33-26-27(25-32-5)24-28-34(30,31)23-20-21-29(2,3)4/h27-28H,6-26H2,1-5H3/q+1. The van der Waals surface area contributed by atoms with Gasteiger partial charge in [-0.2, -0.15) is 0 Å². The van der Waals surface area contributed by atoms with Crippen LogP contribution in [-0.2, 0) is 19.5 Å². The van der Waals surface area contributed by atoms with Gasteiger partial charge in [-0.25, -0.2) is 13.1 Å². The Morgan fingerprint density at radius 1 is 0.735 bits per heavy atom. The molecule has 0 saturated carbocycles. The molecule has 34 heavy (non-hydrogen) atoms. The molecule has 0 aliphatic carbocycles. The number of quaternary nitrogens is 1. The highest BCUT2D eigenvalue weighted by Gasteiger charge is 2.17. The molecule has 0 bridgehead atoms. The van der Waals surface area contributed by atoms with Crippen LogP contribution in [0.3, 0.4) is 0 Å². The van der Waals surface area contributed by atoms with Gasteiger partial charge in [-0.15, -0.1) is 0 Å². The van der Waals surface area contributed by atoms with Crippen molar-refractivity contribution in [2.45, 2.75) is 103 Å². The fourth-order valence-corrected chi connectivity index (χ4v) is 5.24. The van der Waals surface area contributed by atoms with Crippen molar-refractivity contribution >= 4 is 10.0 Å². The van der Waals surface area contributed by atoms with Crippen molar-refractivity contribution in [2.24, 2.45) is 5.92 Å². The van der Waals surface area contributed by atoms with Crippen LogP contribution in [0.15, 0.2) is 0 Å². The van der Waals surface area contributed by atoms with E-state index < -0.39 is 10.0 Å². The van der Waals surface area contributed by atoms with E-state index in [1.54, 1.807) is 7.11 Å². The summed E-state index contributed by atoms with van der Waals surface area (Å²) < 4.78 is 39.1. The van der Waals surface area contributed by atoms with Crippen LogP contribution in [0, 0.1) is 5.92 Å². The monoisotopic (exact) mass is 507 g/mol. The highest BCUT2D eigenvalue weighted by atomic mass is 32.2. The number of ether oxygens (including phenoxy) is 2. The number of methoxy groups -OCH3 is 1. The lowest BCUT2D eigenvalue weighted by Gasteiger charge is -2.23. The molecule has 0 aliphatic heterocycles. The molecule has 0 radical (unpaired) electrons. The molecule has 0 spiro atoms. The number of hydrogen-bond donors (Lipinski definition) is 1. The van der Waals surface area contributed by atoms with E-state index in [9.17, 15) is 8.42 Å². The highest BCUT2D eigenvalue weighted by molar-refractivity contribution is 7.89. The largest absolute Gasteiger partial charge is 0.384 e. The lowest BCUT2D eigenvalue weighted by atomic mass is 10.0. The molecule has 6 nitrogen and oxygen atoms in total. The minimum atomic E-state index is -3.25. The van der Waals surface area contributed by atoms with Crippen LogP contribution in [0.1, 0.15) is 103 Å². The van der Waals surface area contributed by atoms with Gasteiger partial charge in [0.1, 0.15) is 0 Å². The van der Waals surface area contributed by atoms with Gasteiger partial charge >= 0.3 is 0 Å². The van der Waals surface area contributed by atoms with Gasteiger partial charge < -0.3 is 14.0 Å². The summed E-state index contributed by atoms with van der Waals surface area (Å²) in [6, 6.07) is 0. The van der Waals surface area contributed by atoms with Crippen LogP contribution < -0.4 is 4.72 Å².